The average Bonchev–Trinajstić information content (AvgIpc) is 3.28. The molecule has 0 bridgehead atoms. The van der Waals surface area contributed by atoms with Crippen LogP contribution in [0, 0.1) is 0 Å². The second kappa shape index (κ2) is 30.1. The van der Waals surface area contributed by atoms with Gasteiger partial charge in [0, 0.05) is 69.2 Å². The summed E-state index contributed by atoms with van der Waals surface area (Å²) in [4.78, 5) is 126. The van der Waals surface area contributed by atoms with E-state index in [-0.39, 0.29) is 19.6 Å². The summed E-state index contributed by atoms with van der Waals surface area (Å²) in [5, 5.41) is 9.72. The highest BCUT2D eigenvalue weighted by molar-refractivity contribution is 5.70. The lowest BCUT2D eigenvalue weighted by atomic mass is 9.95. The van der Waals surface area contributed by atoms with Crippen LogP contribution in [-0.2, 0) is 128 Å². The number of rotatable bonds is 25. The fraction of sp³-hybridized carbons (Fsp3) is 0.783. The van der Waals surface area contributed by atoms with Crippen molar-refractivity contribution in [2.24, 2.45) is 0 Å². The molecule has 28 nitrogen and oxygen atoms in total. The molecule has 420 valence electrons. The van der Waals surface area contributed by atoms with Gasteiger partial charge in [0.15, 0.2) is 61.6 Å². The average molecular weight is 1070 g/mol. The first kappa shape index (κ1) is 62.7. The molecule has 0 saturated carbocycles. The molecule has 3 fully saturated rings. The molecule has 3 aliphatic rings. The third kappa shape index (κ3) is 19.6. The molecule has 3 rings (SSSR count). The second-order valence-electron chi connectivity index (χ2n) is 17.0. The van der Waals surface area contributed by atoms with Gasteiger partial charge in [0.05, 0.1) is 25.4 Å². The van der Waals surface area contributed by atoms with E-state index in [4.69, 9.17) is 80.5 Å². The third-order valence-corrected chi connectivity index (χ3v) is 10.8. The van der Waals surface area contributed by atoms with E-state index in [1.165, 1.54) is 0 Å². The van der Waals surface area contributed by atoms with Crippen molar-refractivity contribution >= 4 is 59.7 Å². The Kier molecular flexibility index (Phi) is 25.5. The number of aliphatic hydroxyl groups excluding tert-OH is 1. The van der Waals surface area contributed by atoms with Crippen LogP contribution in [-0.4, -0.2) is 202 Å². The fourth-order valence-corrected chi connectivity index (χ4v) is 7.85. The fourth-order valence-electron chi connectivity index (χ4n) is 7.85. The lowest BCUT2D eigenvalue weighted by Gasteiger charge is -2.50. The van der Waals surface area contributed by atoms with E-state index in [9.17, 15) is 53.1 Å². The summed E-state index contributed by atoms with van der Waals surface area (Å²) in [6, 6.07) is 0. The predicted octanol–water partition coefficient (Wildman–Crippen LogP) is -0.275. The number of hydrogen-bond donors (Lipinski definition) is 1. The van der Waals surface area contributed by atoms with Gasteiger partial charge in [-0.2, -0.15) is 0 Å². The van der Waals surface area contributed by atoms with Crippen LogP contribution in [0.4, 0.5) is 0 Å². The highest BCUT2D eigenvalue weighted by atomic mass is 16.8. The van der Waals surface area contributed by atoms with Gasteiger partial charge in [-0.15, -0.1) is 0 Å². The largest absolute Gasteiger partial charge is 0.463 e. The molecule has 3 heterocycles. The van der Waals surface area contributed by atoms with E-state index >= 15 is 0 Å². The second-order valence-corrected chi connectivity index (χ2v) is 17.0. The van der Waals surface area contributed by atoms with Gasteiger partial charge in [-0.3, -0.25) is 47.9 Å². The van der Waals surface area contributed by atoms with Gasteiger partial charge >= 0.3 is 59.7 Å². The topological polar surface area (TPSA) is 348 Å². The first-order valence-corrected chi connectivity index (χ1v) is 23.5. The molecule has 0 aromatic carbocycles. The van der Waals surface area contributed by atoms with Gasteiger partial charge in [0.25, 0.3) is 0 Å². The molecule has 0 amide bonds. The van der Waals surface area contributed by atoms with Crippen LogP contribution in [0.2, 0.25) is 0 Å². The lowest BCUT2D eigenvalue weighted by molar-refractivity contribution is -0.382. The molecule has 28 heteroatoms. The van der Waals surface area contributed by atoms with Crippen molar-refractivity contribution < 1.29 is 134 Å². The Morgan fingerprint density at radius 3 is 0.973 bits per heavy atom. The summed E-state index contributed by atoms with van der Waals surface area (Å²) in [6.07, 6.45) is -27.5. The van der Waals surface area contributed by atoms with E-state index in [2.05, 4.69) is 0 Å². The Bertz CT molecular complexity index is 1940. The van der Waals surface area contributed by atoms with Crippen molar-refractivity contribution in [1.29, 1.82) is 0 Å². The van der Waals surface area contributed by atoms with Crippen LogP contribution < -0.4 is 0 Å². The van der Waals surface area contributed by atoms with E-state index in [1.54, 1.807) is 13.8 Å². The monoisotopic (exact) mass is 1070 g/mol. The van der Waals surface area contributed by atoms with E-state index in [0.29, 0.717) is 6.42 Å². The van der Waals surface area contributed by atoms with E-state index in [1.807, 2.05) is 0 Å². The van der Waals surface area contributed by atoms with Crippen LogP contribution in [0.5, 0.6) is 0 Å². The first-order chi connectivity index (χ1) is 34.8. The normalized spacial score (nSPS) is 30.4. The number of aliphatic hydroxyl groups is 1. The van der Waals surface area contributed by atoms with Gasteiger partial charge in [-0.1, -0.05) is 13.8 Å². The zero-order valence-corrected chi connectivity index (χ0v) is 43.2. The highest BCUT2D eigenvalue weighted by Crippen LogP contribution is 2.38. The summed E-state index contributed by atoms with van der Waals surface area (Å²) in [5.41, 5.74) is 0. The van der Waals surface area contributed by atoms with Crippen LogP contribution >= 0.6 is 0 Å². The predicted molar refractivity (Wildman–Crippen MR) is 237 cm³/mol. The van der Waals surface area contributed by atoms with Crippen LogP contribution in [0.1, 0.15) is 95.9 Å². The summed E-state index contributed by atoms with van der Waals surface area (Å²) >= 11 is 0. The Hall–Kier alpha value is -5.62. The first-order valence-electron chi connectivity index (χ1n) is 23.5. The smallest absolute Gasteiger partial charge is 0.303 e. The maximum Gasteiger partial charge on any atom is 0.303 e. The minimum Gasteiger partial charge on any atom is -0.463 e. The Balaban J connectivity index is 2.30. The molecule has 0 spiro atoms. The molecule has 0 aromatic rings. The summed E-state index contributed by atoms with van der Waals surface area (Å²) < 4.78 is 99.1. The number of carbonyl (C=O) groups is 10. The SMILES string of the molecule is CCC(CO)OCC(CC)O[C@H]1OC(COC(C)=O)[C@@H](O[C@@H]2OC(COC(C)=O)[C@@H](O[C@@H]3OC(COC(C)=O)[C@@H](OC(C)=O)[C@H](OC(C)=O)C3OC(C)=O)[C@@H](OC(C)=O)C2OC(C)=O)[C@@H](OC(C)=O)C1OC(C)=O. The molecule has 0 aromatic heterocycles. The summed E-state index contributed by atoms with van der Waals surface area (Å²) in [7, 11) is 0. The van der Waals surface area contributed by atoms with Gasteiger partial charge < -0.3 is 85.6 Å². The Morgan fingerprint density at radius 1 is 0.378 bits per heavy atom. The van der Waals surface area contributed by atoms with E-state index < -0.39 is 184 Å². The Labute approximate surface area is 425 Å². The van der Waals surface area contributed by atoms with Crippen molar-refractivity contribution in [2.45, 2.75) is 200 Å². The summed E-state index contributed by atoms with van der Waals surface area (Å²) in [6.45, 7) is 11.0. The zero-order chi connectivity index (χ0) is 55.6. The number of esters is 10. The van der Waals surface area contributed by atoms with Gasteiger partial charge in [0.1, 0.15) is 50.3 Å². The highest BCUT2D eigenvalue weighted by Gasteiger charge is 2.60. The number of ether oxygens (including phenoxy) is 17. The van der Waals surface area contributed by atoms with Crippen molar-refractivity contribution in [1.82, 2.24) is 0 Å². The molecular formula is C46H68O28. The minimum absolute atomic E-state index is 0.100. The van der Waals surface area contributed by atoms with Crippen LogP contribution in [0.15, 0.2) is 0 Å². The van der Waals surface area contributed by atoms with Crippen molar-refractivity contribution in [3.05, 3.63) is 0 Å². The van der Waals surface area contributed by atoms with Crippen molar-refractivity contribution in [3.8, 4) is 0 Å². The van der Waals surface area contributed by atoms with E-state index in [0.717, 1.165) is 69.2 Å². The number of carbonyl (C=O) groups excluding carboxylic acids is 10. The Morgan fingerprint density at radius 2 is 0.662 bits per heavy atom. The number of hydrogen-bond acceptors (Lipinski definition) is 28. The molecule has 17 atom stereocenters. The maximum atomic E-state index is 13.1. The lowest BCUT2D eigenvalue weighted by Crippen LogP contribution is -2.69. The van der Waals surface area contributed by atoms with Crippen LogP contribution in [0.25, 0.3) is 0 Å². The van der Waals surface area contributed by atoms with Gasteiger partial charge in [0.2, 0.25) is 0 Å². The molecule has 0 aliphatic carbocycles. The van der Waals surface area contributed by atoms with Crippen LogP contribution in [0.3, 0.4) is 0 Å². The molecule has 1 N–H and O–H groups in total. The maximum absolute atomic E-state index is 13.1. The van der Waals surface area contributed by atoms with Crippen molar-refractivity contribution in [3.63, 3.8) is 0 Å². The molecule has 3 saturated heterocycles. The third-order valence-electron chi connectivity index (χ3n) is 10.8. The van der Waals surface area contributed by atoms with Gasteiger partial charge in [-0.25, -0.2) is 0 Å². The van der Waals surface area contributed by atoms with Gasteiger partial charge in [-0.05, 0) is 12.8 Å². The standard InChI is InChI=1S/C46H68O28/c1-13-30(15-47)61-16-31(14-2)69-44-41(66-27(10)55)39(64-25(8)53)36(33(70-44)18-59-21(4)49)73-46-43(68-29(12)57)40(65-26(9)54)37(34(72-46)19-60-22(5)50)74-45-42(67-28(11)56)38(63-24(7)52)35(62-23(6)51)32(71-45)17-58-20(3)48/h30-47H,13-19H2,1-12H3/t30?,31?,32?,33?,34?,35-,36-,37-,38+,39-,40-,41?,42?,43?,44+,45+,46+/m1/s1. The molecular weight excluding hydrogens is 1000 g/mol. The molecule has 74 heavy (non-hydrogen) atoms. The summed E-state index contributed by atoms with van der Waals surface area (Å²) in [5.74, 6) is -9.52. The quantitative estimate of drug-likeness (QED) is 0.0908. The van der Waals surface area contributed by atoms with Crippen molar-refractivity contribution in [2.75, 3.05) is 33.0 Å². The zero-order valence-electron chi connectivity index (χ0n) is 43.2. The molecule has 8 unspecified atom stereocenters. The molecule has 3 aliphatic heterocycles. The minimum atomic E-state index is -2.04. The molecule has 0 radical (unpaired) electrons.